The maximum atomic E-state index is 13.6. The Morgan fingerprint density at radius 1 is 1.23 bits per heavy atom. The minimum Gasteiger partial charge on any atom is -0.382 e. The summed E-state index contributed by atoms with van der Waals surface area (Å²) >= 11 is 1.14. The van der Waals surface area contributed by atoms with Crippen molar-refractivity contribution in [3.05, 3.63) is 23.0 Å². The fourth-order valence-electron chi connectivity index (χ4n) is 4.40. The van der Waals surface area contributed by atoms with Crippen LogP contribution >= 0.6 is 11.3 Å². The van der Waals surface area contributed by atoms with Crippen LogP contribution in [0.25, 0.3) is 11.2 Å². The van der Waals surface area contributed by atoms with Crippen molar-refractivity contribution in [2.75, 3.05) is 11.1 Å². The first kappa shape index (κ1) is 20.2. The zero-order valence-corrected chi connectivity index (χ0v) is 17.3. The Balaban J connectivity index is 1.23. The van der Waals surface area contributed by atoms with Crippen molar-refractivity contribution in [1.82, 2.24) is 24.5 Å². The van der Waals surface area contributed by atoms with Crippen molar-refractivity contribution in [1.29, 1.82) is 0 Å². The zero-order chi connectivity index (χ0) is 21.8. The average molecular weight is 451 g/mol. The van der Waals surface area contributed by atoms with E-state index >= 15 is 0 Å². The van der Waals surface area contributed by atoms with E-state index < -0.39 is 12.0 Å². The molecule has 1 amide bonds. The molecule has 0 spiro atoms. The lowest BCUT2D eigenvalue weighted by atomic mass is 9.85. The second-order valence-electron chi connectivity index (χ2n) is 8.12. The van der Waals surface area contributed by atoms with Crippen molar-refractivity contribution in [2.45, 2.75) is 56.9 Å². The number of nitrogens with zero attached hydrogens (tertiary/aromatic N) is 5. The predicted octanol–water partition coefficient (Wildman–Crippen LogP) is 3.50. The van der Waals surface area contributed by atoms with E-state index in [0.717, 1.165) is 11.3 Å². The lowest BCUT2D eigenvalue weighted by Crippen LogP contribution is -2.28. The number of anilines is 2. The summed E-state index contributed by atoms with van der Waals surface area (Å²) in [6.07, 6.45) is 3.03. The average Bonchev–Trinajstić information content (AvgIpc) is 3.30. The molecule has 8 nitrogen and oxygen atoms in total. The van der Waals surface area contributed by atoms with E-state index in [9.17, 15) is 18.0 Å². The van der Waals surface area contributed by atoms with Gasteiger partial charge >= 0.3 is 6.08 Å². The molecule has 0 atom stereocenters. The Kier molecular flexibility index (Phi) is 4.83. The van der Waals surface area contributed by atoms with Crippen LogP contribution in [0.1, 0.15) is 48.7 Å². The van der Waals surface area contributed by atoms with Crippen LogP contribution in [0, 0.1) is 12.0 Å². The Hall–Kier alpha value is -2.76. The monoisotopic (exact) mass is 451 g/mol. The molecule has 1 fully saturated rings. The van der Waals surface area contributed by atoms with E-state index in [4.69, 9.17) is 5.73 Å². The topological polar surface area (TPSA) is 112 Å². The van der Waals surface area contributed by atoms with Gasteiger partial charge in [-0.15, -0.1) is 11.3 Å². The number of nitrogen functional groups attached to an aromatic ring is 1. The van der Waals surface area contributed by atoms with Crippen molar-refractivity contribution >= 4 is 39.4 Å². The van der Waals surface area contributed by atoms with Crippen LogP contribution in [-0.2, 0) is 17.6 Å². The van der Waals surface area contributed by atoms with Gasteiger partial charge in [0.1, 0.15) is 5.52 Å². The highest BCUT2D eigenvalue weighted by Gasteiger charge is 2.36. The highest BCUT2D eigenvalue weighted by Crippen LogP contribution is 2.38. The quantitative estimate of drug-likeness (QED) is 0.590. The second-order valence-corrected chi connectivity index (χ2v) is 9.20. The summed E-state index contributed by atoms with van der Waals surface area (Å²) in [6.45, 7) is 0. The number of amides is 1. The van der Waals surface area contributed by atoms with Crippen LogP contribution in [-0.4, -0.2) is 36.3 Å². The van der Waals surface area contributed by atoms with E-state index in [2.05, 4.69) is 25.3 Å². The third-order valence-corrected chi connectivity index (χ3v) is 7.05. The highest BCUT2D eigenvalue weighted by atomic mass is 32.1. The molecule has 3 heterocycles. The SMILES string of the molecule is Nc1nc(F)nc2c1ncn2[C@H]1CC[C@@H](C(=O)Nc2nc3c(s2)CC(F)(F)CC3)CC1. The first-order valence-electron chi connectivity index (χ1n) is 10.1. The van der Waals surface area contributed by atoms with Gasteiger partial charge in [-0.3, -0.25) is 4.79 Å². The molecule has 3 N–H and O–H groups in total. The van der Waals surface area contributed by atoms with E-state index in [1.165, 1.54) is 0 Å². The number of carbonyl (C=O) groups is 1. The Morgan fingerprint density at radius 3 is 2.77 bits per heavy atom. The molecule has 0 aromatic carbocycles. The van der Waals surface area contributed by atoms with Gasteiger partial charge in [-0.2, -0.15) is 14.4 Å². The highest BCUT2D eigenvalue weighted by molar-refractivity contribution is 7.15. The van der Waals surface area contributed by atoms with E-state index in [-0.39, 0.29) is 42.9 Å². The number of rotatable bonds is 3. The summed E-state index contributed by atoms with van der Waals surface area (Å²) in [5.41, 5.74) is 7.09. The molecule has 1 saturated carbocycles. The molecule has 3 aromatic heterocycles. The number of nitrogens with two attached hydrogens (primary N) is 1. The maximum absolute atomic E-state index is 13.6. The number of nitrogens with one attached hydrogen (secondary N) is 1. The van der Waals surface area contributed by atoms with Crippen molar-refractivity contribution in [3.8, 4) is 0 Å². The van der Waals surface area contributed by atoms with Gasteiger partial charge in [-0.25, -0.2) is 18.7 Å². The van der Waals surface area contributed by atoms with Gasteiger partial charge in [0.15, 0.2) is 16.6 Å². The smallest absolute Gasteiger partial charge is 0.312 e. The molecule has 2 aliphatic carbocycles. The Bertz CT molecular complexity index is 1150. The van der Waals surface area contributed by atoms with Crippen LogP contribution in [0.5, 0.6) is 0 Å². The number of alkyl halides is 2. The fourth-order valence-corrected chi connectivity index (χ4v) is 5.49. The molecule has 0 bridgehead atoms. The van der Waals surface area contributed by atoms with Gasteiger partial charge < -0.3 is 15.6 Å². The summed E-state index contributed by atoms with van der Waals surface area (Å²) in [7, 11) is 0. The number of aromatic nitrogens is 5. The molecule has 0 saturated heterocycles. The summed E-state index contributed by atoms with van der Waals surface area (Å²) in [4.78, 5) is 29.1. The van der Waals surface area contributed by atoms with Crippen LogP contribution in [0.3, 0.4) is 0 Å². The number of fused-ring (bicyclic) bond motifs is 2. The molecular formula is C19H20F3N7OS. The van der Waals surface area contributed by atoms with Gasteiger partial charge in [-0.1, -0.05) is 0 Å². The molecule has 164 valence electrons. The lowest BCUT2D eigenvalue weighted by Gasteiger charge is -2.28. The van der Waals surface area contributed by atoms with Gasteiger partial charge in [0.25, 0.3) is 5.92 Å². The Labute approximate surface area is 179 Å². The van der Waals surface area contributed by atoms with Crippen molar-refractivity contribution < 1.29 is 18.0 Å². The van der Waals surface area contributed by atoms with E-state index in [0.29, 0.717) is 52.5 Å². The van der Waals surface area contributed by atoms with Crippen LogP contribution in [0.2, 0.25) is 0 Å². The van der Waals surface area contributed by atoms with Crippen molar-refractivity contribution in [2.24, 2.45) is 5.92 Å². The lowest BCUT2D eigenvalue weighted by molar-refractivity contribution is -0.121. The number of hydrogen-bond donors (Lipinski definition) is 2. The van der Waals surface area contributed by atoms with Gasteiger partial charge in [0.2, 0.25) is 5.91 Å². The largest absolute Gasteiger partial charge is 0.382 e. The Morgan fingerprint density at radius 2 is 2.00 bits per heavy atom. The molecule has 0 radical (unpaired) electrons. The third kappa shape index (κ3) is 3.84. The molecule has 0 unspecified atom stereocenters. The number of halogens is 3. The number of aryl methyl sites for hydroxylation is 1. The van der Waals surface area contributed by atoms with Crippen LogP contribution in [0.15, 0.2) is 6.33 Å². The molecule has 5 rings (SSSR count). The van der Waals surface area contributed by atoms with Gasteiger partial charge in [-0.05, 0) is 32.1 Å². The number of hydrogen-bond acceptors (Lipinski definition) is 7. The van der Waals surface area contributed by atoms with E-state index in [1.807, 2.05) is 0 Å². The second kappa shape index (κ2) is 7.43. The van der Waals surface area contributed by atoms with Crippen LogP contribution in [0.4, 0.5) is 24.1 Å². The first-order chi connectivity index (χ1) is 14.8. The van der Waals surface area contributed by atoms with Gasteiger partial charge in [0, 0.05) is 29.7 Å². The molecular weight excluding hydrogens is 431 g/mol. The first-order valence-corrected chi connectivity index (χ1v) is 10.9. The summed E-state index contributed by atoms with van der Waals surface area (Å²) < 4.78 is 42.6. The van der Waals surface area contributed by atoms with E-state index in [1.54, 1.807) is 10.9 Å². The molecule has 3 aromatic rings. The minimum absolute atomic E-state index is 0.00165. The summed E-state index contributed by atoms with van der Waals surface area (Å²) in [5, 5.41) is 3.20. The molecule has 12 heteroatoms. The number of thiazole rings is 1. The third-order valence-electron chi connectivity index (χ3n) is 6.04. The summed E-state index contributed by atoms with van der Waals surface area (Å²) in [6, 6.07) is 0.0251. The van der Waals surface area contributed by atoms with Crippen molar-refractivity contribution in [3.63, 3.8) is 0 Å². The van der Waals surface area contributed by atoms with Gasteiger partial charge in [0.05, 0.1) is 12.0 Å². The normalized spacial score (nSPS) is 22.9. The number of imidazole rings is 1. The summed E-state index contributed by atoms with van der Waals surface area (Å²) in [5.74, 6) is -3.05. The number of carbonyl (C=O) groups excluding carboxylic acids is 1. The standard InChI is InChI=1S/C19H20F3N7OS/c20-17-26-14(23)13-15(27-17)29(8-24-13)10-3-1-9(2-4-10)16(30)28-18-25-11-5-6-19(21,22)7-12(11)31-18/h8-10H,1-7H2,(H2,23,26,27)(H,25,28,30)/t9-,10+. The molecule has 2 aliphatic rings. The molecule has 0 aliphatic heterocycles. The molecule has 31 heavy (non-hydrogen) atoms. The predicted molar refractivity (Wildman–Crippen MR) is 108 cm³/mol. The zero-order valence-electron chi connectivity index (χ0n) is 16.4. The van der Waals surface area contributed by atoms with Crippen LogP contribution < -0.4 is 11.1 Å². The minimum atomic E-state index is -2.70. The maximum Gasteiger partial charge on any atom is 0.312 e. The fraction of sp³-hybridized carbons (Fsp3) is 0.526.